The minimum Gasteiger partial charge on any atom is -0.395 e. The molecule has 0 unspecified atom stereocenters. The highest BCUT2D eigenvalue weighted by Gasteiger charge is 2.19. The summed E-state index contributed by atoms with van der Waals surface area (Å²) in [5.41, 5.74) is 0.510. The highest BCUT2D eigenvalue weighted by molar-refractivity contribution is 5.95. The van der Waals surface area contributed by atoms with E-state index in [0.29, 0.717) is 5.56 Å². The fourth-order valence-electron chi connectivity index (χ4n) is 1.68. The van der Waals surface area contributed by atoms with Gasteiger partial charge in [0.1, 0.15) is 0 Å². The molecule has 0 radical (unpaired) electrons. The van der Waals surface area contributed by atoms with Crippen molar-refractivity contribution >= 4 is 11.6 Å². The largest absolute Gasteiger partial charge is 0.395 e. The number of hydrogen-bond donors (Lipinski definition) is 2. The molecule has 1 aromatic rings. The number of carbonyl (C=O) groups excluding carboxylic acids is 1. The molecule has 0 fully saturated rings. The lowest BCUT2D eigenvalue weighted by Crippen LogP contribution is -2.35. The standard InChI is InChI=1S/C12H16N2O5/c1-9-2-3-10(8-11(9)14(18)19)12(17)13(4-6-15)5-7-16/h2-3,8,15-16H,4-7H2,1H3. The zero-order valence-corrected chi connectivity index (χ0v) is 10.6. The molecule has 1 aromatic carbocycles. The molecule has 0 saturated heterocycles. The van der Waals surface area contributed by atoms with Crippen LogP contribution >= 0.6 is 0 Å². The van der Waals surface area contributed by atoms with Crippen LogP contribution in [0.5, 0.6) is 0 Å². The van der Waals surface area contributed by atoms with Crippen molar-refractivity contribution in [2.45, 2.75) is 6.92 Å². The maximum absolute atomic E-state index is 12.1. The third-order valence-corrected chi connectivity index (χ3v) is 2.68. The lowest BCUT2D eigenvalue weighted by Gasteiger charge is -2.20. The molecule has 2 N–H and O–H groups in total. The van der Waals surface area contributed by atoms with Gasteiger partial charge in [-0.25, -0.2) is 0 Å². The van der Waals surface area contributed by atoms with Crippen molar-refractivity contribution in [1.82, 2.24) is 4.90 Å². The van der Waals surface area contributed by atoms with Gasteiger partial charge in [0, 0.05) is 30.3 Å². The second-order valence-corrected chi connectivity index (χ2v) is 4.00. The van der Waals surface area contributed by atoms with Crippen LogP contribution in [0.15, 0.2) is 18.2 Å². The lowest BCUT2D eigenvalue weighted by molar-refractivity contribution is -0.385. The molecule has 0 aromatic heterocycles. The van der Waals surface area contributed by atoms with Crippen molar-refractivity contribution in [2.24, 2.45) is 0 Å². The van der Waals surface area contributed by atoms with Crippen LogP contribution in [0, 0.1) is 17.0 Å². The molecule has 104 valence electrons. The minimum absolute atomic E-state index is 0.0705. The number of rotatable bonds is 6. The number of carbonyl (C=O) groups is 1. The first kappa shape index (κ1) is 15.1. The number of nitrogens with zero attached hydrogens (tertiary/aromatic N) is 2. The first-order valence-corrected chi connectivity index (χ1v) is 5.77. The van der Waals surface area contributed by atoms with Crippen molar-refractivity contribution in [2.75, 3.05) is 26.3 Å². The summed E-state index contributed by atoms with van der Waals surface area (Å²) in [7, 11) is 0. The summed E-state index contributed by atoms with van der Waals surface area (Å²) >= 11 is 0. The fraction of sp³-hybridized carbons (Fsp3) is 0.417. The smallest absolute Gasteiger partial charge is 0.273 e. The number of benzene rings is 1. The monoisotopic (exact) mass is 268 g/mol. The van der Waals surface area contributed by atoms with E-state index in [1.165, 1.54) is 23.1 Å². The quantitative estimate of drug-likeness (QED) is 0.571. The number of nitro benzene ring substituents is 1. The molecule has 7 nitrogen and oxygen atoms in total. The van der Waals surface area contributed by atoms with E-state index in [0.717, 1.165) is 0 Å². The summed E-state index contributed by atoms with van der Waals surface area (Å²) in [6.45, 7) is 1.26. The Morgan fingerprint density at radius 2 is 1.89 bits per heavy atom. The van der Waals surface area contributed by atoms with Crippen LogP contribution in [0.25, 0.3) is 0 Å². The fourth-order valence-corrected chi connectivity index (χ4v) is 1.68. The summed E-state index contributed by atoms with van der Waals surface area (Å²) < 4.78 is 0. The summed E-state index contributed by atoms with van der Waals surface area (Å²) in [6, 6.07) is 4.20. The molecule has 0 spiro atoms. The number of aryl methyl sites for hydroxylation is 1. The maximum atomic E-state index is 12.1. The van der Waals surface area contributed by atoms with Gasteiger partial charge in [0.2, 0.25) is 0 Å². The molecule has 7 heteroatoms. The molecule has 0 aliphatic rings. The van der Waals surface area contributed by atoms with Crippen molar-refractivity contribution < 1.29 is 19.9 Å². The van der Waals surface area contributed by atoms with Gasteiger partial charge in [-0.3, -0.25) is 14.9 Å². The van der Waals surface area contributed by atoms with Gasteiger partial charge < -0.3 is 15.1 Å². The van der Waals surface area contributed by atoms with E-state index >= 15 is 0 Å². The molecule has 1 rings (SSSR count). The molecular weight excluding hydrogens is 252 g/mol. The lowest BCUT2D eigenvalue weighted by atomic mass is 10.1. The highest BCUT2D eigenvalue weighted by Crippen LogP contribution is 2.20. The molecular formula is C12H16N2O5. The number of nitro groups is 1. The summed E-state index contributed by atoms with van der Waals surface area (Å²) in [4.78, 5) is 23.6. The van der Waals surface area contributed by atoms with Crippen LogP contribution in [0.1, 0.15) is 15.9 Å². The first-order chi connectivity index (χ1) is 9.01. The molecule has 19 heavy (non-hydrogen) atoms. The number of amides is 1. The zero-order chi connectivity index (χ0) is 14.4. The SMILES string of the molecule is Cc1ccc(C(=O)N(CCO)CCO)cc1[N+](=O)[O-]. The summed E-state index contributed by atoms with van der Waals surface area (Å²) in [6.07, 6.45) is 0. The Kier molecular flexibility index (Phi) is 5.40. The Morgan fingerprint density at radius 3 is 2.37 bits per heavy atom. The second kappa shape index (κ2) is 6.81. The average Bonchev–Trinajstić information content (AvgIpc) is 2.38. The van der Waals surface area contributed by atoms with Crippen LogP contribution in [0.4, 0.5) is 5.69 Å². The predicted molar refractivity (Wildman–Crippen MR) is 67.9 cm³/mol. The van der Waals surface area contributed by atoms with Crippen LogP contribution in [0.3, 0.4) is 0 Å². The van der Waals surface area contributed by atoms with Gasteiger partial charge in [-0.2, -0.15) is 0 Å². The van der Waals surface area contributed by atoms with Crippen LogP contribution in [-0.2, 0) is 0 Å². The van der Waals surface area contributed by atoms with E-state index in [-0.39, 0.29) is 37.6 Å². The van der Waals surface area contributed by atoms with Gasteiger partial charge in [0.05, 0.1) is 18.1 Å². The van der Waals surface area contributed by atoms with Crippen molar-refractivity contribution in [3.63, 3.8) is 0 Å². The maximum Gasteiger partial charge on any atom is 0.273 e. The second-order valence-electron chi connectivity index (χ2n) is 4.00. The van der Waals surface area contributed by atoms with Crippen LogP contribution in [-0.4, -0.2) is 52.2 Å². The van der Waals surface area contributed by atoms with Crippen LogP contribution in [0.2, 0.25) is 0 Å². The van der Waals surface area contributed by atoms with Crippen LogP contribution < -0.4 is 0 Å². The number of aliphatic hydroxyl groups excluding tert-OH is 2. The van der Waals surface area contributed by atoms with Crippen molar-refractivity contribution in [1.29, 1.82) is 0 Å². The van der Waals surface area contributed by atoms with Gasteiger partial charge in [-0.15, -0.1) is 0 Å². The van der Waals surface area contributed by atoms with E-state index in [1.54, 1.807) is 6.92 Å². The molecule has 0 aliphatic carbocycles. The first-order valence-electron chi connectivity index (χ1n) is 5.77. The highest BCUT2D eigenvalue weighted by atomic mass is 16.6. The van der Waals surface area contributed by atoms with Crippen molar-refractivity contribution in [3.05, 3.63) is 39.4 Å². The Labute approximate surface area is 110 Å². The zero-order valence-electron chi connectivity index (χ0n) is 10.6. The van der Waals surface area contributed by atoms with Gasteiger partial charge in [0.15, 0.2) is 0 Å². The Balaban J connectivity index is 3.04. The average molecular weight is 268 g/mol. The van der Waals surface area contributed by atoms with E-state index in [1.807, 2.05) is 0 Å². The van der Waals surface area contributed by atoms with Gasteiger partial charge in [0.25, 0.3) is 11.6 Å². The predicted octanol–water partition coefficient (Wildman–Crippen LogP) is 0.330. The van der Waals surface area contributed by atoms with E-state index in [2.05, 4.69) is 0 Å². The Hall–Kier alpha value is -1.99. The Bertz CT molecular complexity index is 469. The molecule has 1 amide bonds. The van der Waals surface area contributed by atoms with Gasteiger partial charge in [-0.1, -0.05) is 6.07 Å². The van der Waals surface area contributed by atoms with Gasteiger partial charge >= 0.3 is 0 Å². The van der Waals surface area contributed by atoms with E-state index in [9.17, 15) is 14.9 Å². The van der Waals surface area contributed by atoms with Gasteiger partial charge in [-0.05, 0) is 13.0 Å². The topological polar surface area (TPSA) is 104 Å². The summed E-state index contributed by atoms with van der Waals surface area (Å²) in [5, 5.41) is 28.5. The normalized spacial score (nSPS) is 10.3. The molecule has 0 aliphatic heterocycles. The third-order valence-electron chi connectivity index (χ3n) is 2.68. The van der Waals surface area contributed by atoms with E-state index in [4.69, 9.17) is 10.2 Å². The third kappa shape index (κ3) is 3.73. The molecule has 0 atom stereocenters. The molecule has 0 bridgehead atoms. The number of hydrogen-bond acceptors (Lipinski definition) is 5. The molecule has 0 saturated carbocycles. The van der Waals surface area contributed by atoms with E-state index < -0.39 is 10.8 Å². The Morgan fingerprint density at radius 1 is 1.32 bits per heavy atom. The molecule has 0 heterocycles. The summed E-state index contributed by atoms with van der Waals surface area (Å²) in [5.74, 6) is -0.453. The number of aliphatic hydroxyl groups is 2. The minimum atomic E-state index is -0.547. The van der Waals surface area contributed by atoms with Crippen molar-refractivity contribution in [3.8, 4) is 0 Å².